The molecule has 0 aliphatic heterocycles. The molecule has 4 heteroatoms. The maximum Gasteiger partial charge on any atom is 0.321 e. The quantitative estimate of drug-likeness (QED) is 0.840. The Morgan fingerprint density at radius 1 is 1.38 bits per heavy atom. The second-order valence-corrected chi connectivity index (χ2v) is 6.02. The number of carbonyl (C=O) groups excluding carboxylic acids is 1. The predicted molar refractivity (Wildman–Crippen MR) is 87.5 cm³/mol. The molecule has 2 rings (SSSR count). The van der Waals surface area contributed by atoms with Gasteiger partial charge in [-0.05, 0) is 56.8 Å². The van der Waals surface area contributed by atoms with Crippen LogP contribution < -0.4 is 10.6 Å². The summed E-state index contributed by atoms with van der Waals surface area (Å²) >= 11 is 0. The van der Waals surface area contributed by atoms with Gasteiger partial charge in [-0.3, -0.25) is 0 Å². The summed E-state index contributed by atoms with van der Waals surface area (Å²) in [5.74, 6) is 0.681. The summed E-state index contributed by atoms with van der Waals surface area (Å²) < 4.78 is 0. The fourth-order valence-corrected chi connectivity index (χ4v) is 2.60. The van der Waals surface area contributed by atoms with Crippen LogP contribution in [0, 0.1) is 5.92 Å². The van der Waals surface area contributed by atoms with E-state index in [4.69, 9.17) is 0 Å². The molecule has 2 N–H and O–H groups in total. The number of rotatable bonds is 6. The standard InChI is InChI=1S/C17H27N3O/c1-5-18-12(2)15-7-6-8-16(11-15)19-17(21)20(4)13(3)14-9-10-14/h6-8,11-14,18H,5,9-10H2,1-4H3,(H,19,21). The summed E-state index contributed by atoms with van der Waals surface area (Å²) in [7, 11) is 1.88. The molecule has 0 bridgehead atoms. The van der Waals surface area contributed by atoms with Crippen molar-refractivity contribution in [2.24, 2.45) is 5.92 Å². The molecule has 1 aromatic carbocycles. The van der Waals surface area contributed by atoms with Crippen molar-refractivity contribution in [2.75, 3.05) is 18.9 Å². The van der Waals surface area contributed by atoms with Gasteiger partial charge >= 0.3 is 6.03 Å². The van der Waals surface area contributed by atoms with E-state index in [1.54, 1.807) is 0 Å². The van der Waals surface area contributed by atoms with E-state index in [2.05, 4.69) is 37.5 Å². The maximum absolute atomic E-state index is 12.3. The predicted octanol–water partition coefficient (Wildman–Crippen LogP) is 3.62. The first-order chi connectivity index (χ1) is 10.0. The Labute approximate surface area is 127 Å². The van der Waals surface area contributed by atoms with Gasteiger partial charge in [-0.25, -0.2) is 4.79 Å². The number of carbonyl (C=O) groups is 1. The first-order valence-electron chi connectivity index (χ1n) is 7.90. The molecule has 2 atom stereocenters. The average Bonchev–Trinajstić information content (AvgIpc) is 3.31. The molecule has 1 fully saturated rings. The molecule has 0 radical (unpaired) electrons. The van der Waals surface area contributed by atoms with E-state index in [1.165, 1.54) is 18.4 Å². The topological polar surface area (TPSA) is 44.4 Å². The van der Waals surface area contributed by atoms with Gasteiger partial charge in [-0.2, -0.15) is 0 Å². The number of benzene rings is 1. The molecule has 1 aromatic rings. The summed E-state index contributed by atoms with van der Waals surface area (Å²) in [5.41, 5.74) is 2.05. The Hall–Kier alpha value is -1.55. The van der Waals surface area contributed by atoms with Gasteiger partial charge in [0.05, 0.1) is 0 Å². The first kappa shape index (κ1) is 15.8. The summed E-state index contributed by atoms with van der Waals surface area (Å²) in [4.78, 5) is 14.1. The van der Waals surface area contributed by atoms with Crippen LogP contribution in [0.3, 0.4) is 0 Å². The molecular formula is C17H27N3O. The second kappa shape index (κ2) is 6.94. The highest BCUT2D eigenvalue weighted by molar-refractivity contribution is 5.89. The Morgan fingerprint density at radius 2 is 2.10 bits per heavy atom. The monoisotopic (exact) mass is 289 g/mol. The number of anilines is 1. The molecule has 116 valence electrons. The summed E-state index contributed by atoms with van der Waals surface area (Å²) in [6.45, 7) is 7.28. The van der Waals surface area contributed by atoms with Crippen LogP contribution in [0.2, 0.25) is 0 Å². The first-order valence-corrected chi connectivity index (χ1v) is 7.90. The third-order valence-corrected chi connectivity index (χ3v) is 4.38. The van der Waals surface area contributed by atoms with Crippen LogP contribution in [0.1, 0.15) is 45.2 Å². The zero-order chi connectivity index (χ0) is 15.4. The van der Waals surface area contributed by atoms with Gasteiger partial charge in [-0.1, -0.05) is 19.1 Å². The molecule has 0 spiro atoms. The zero-order valence-corrected chi connectivity index (χ0v) is 13.5. The van der Waals surface area contributed by atoms with Crippen LogP contribution in [0.5, 0.6) is 0 Å². The van der Waals surface area contributed by atoms with Gasteiger partial charge in [-0.15, -0.1) is 0 Å². The van der Waals surface area contributed by atoms with Gasteiger partial charge in [0.2, 0.25) is 0 Å². The Balaban J connectivity index is 1.98. The zero-order valence-electron chi connectivity index (χ0n) is 13.5. The molecule has 0 heterocycles. The molecular weight excluding hydrogens is 262 g/mol. The van der Waals surface area contributed by atoms with Gasteiger partial charge in [0.1, 0.15) is 0 Å². The van der Waals surface area contributed by atoms with Crippen molar-refractivity contribution in [3.8, 4) is 0 Å². The van der Waals surface area contributed by atoms with Gasteiger partial charge in [0.15, 0.2) is 0 Å². The number of amides is 2. The third-order valence-electron chi connectivity index (χ3n) is 4.38. The highest BCUT2D eigenvalue weighted by atomic mass is 16.2. The van der Waals surface area contributed by atoms with E-state index >= 15 is 0 Å². The van der Waals surface area contributed by atoms with Crippen LogP contribution in [0.25, 0.3) is 0 Å². The van der Waals surface area contributed by atoms with Gasteiger partial charge < -0.3 is 15.5 Å². The molecule has 1 saturated carbocycles. The summed E-state index contributed by atoms with van der Waals surface area (Å²) in [6, 6.07) is 8.63. The van der Waals surface area contributed by atoms with Crippen LogP contribution >= 0.6 is 0 Å². The van der Waals surface area contributed by atoms with Crippen LogP contribution in [-0.4, -0.2) is 30.6 Å². The van der Waals surface area contributed by atoms with Crippen LogP contribution in [0.4, 0.5) is 10.5 Å². The van der Waals surface area contributed by atoms with Crippen molar-refractivity contribution in [3.05, 3.63) is 29.8 Å². The lowest BCUT2D eigenvalue weighted by molar-refractivity contribution is 0.201. The van der Waals surface area contributed by atoms with Crippen LogP contribution in [-0.2, 0) is 0 Å². The molecule has 0 saturated heterocycles. The van der Waals surface area contributed by atoms with Gasteiger partial charge in [0, 0.05) is 24.8 Å². The number of hydrogen-bond donors (Lipinski definition) is 2. The van der Waals surface area contributed by atoms with E-state index in [0.29, 0.717) is 12.0 Å². The minimum absolute atomic E-state index is 0.0253. The van der Waals surface area contributed by atoms with Crippen molar-refractivity contribution in [1.82, 2.24) is 10.2 Å². The molecule has 0 aromatic heterocycles. The number of urea groups is 1. The lowest BCUT2D eigenvalue weighted by Crippen LogP contribution is -2.39. The highest BCUT2D eigenvalue weighted by Crippen LogP contribution is 2.34. The maximum atomic E-state index is 12.3. The van der Waals surface area contributed by atoms with E-state index in [-0.39, 0.29) is 12.1 Å². The van der Waals surface area contributed by atoms with Crippen molar-refractivity contribution < 1.29 is 4.79 Å². The van der Waals surface area contributed by atoms with E-state index in [1.807, 2.05) is 30.1 Å². The van der Waals surface area contributed by atoms with E-state index in [9.17, 15) is 4.79 Å². The fourth-order valence-electron chi connectivity index (χ4n) is 2.60. The van der Waals surface area contributed by atoms with Crippen molar-refractivity contribution >= 4 is 11.7 Å². The molecule has 21 heavy (non-hydrogen) atoms. The fraction of sp³-hybridized carbons (Fsp3) is 0.588. The Kier molecular flexibility index (Phi) is 5.23. The minimum atomic E-state index is -0.0253. The normalized spacial score (nSPS) is 17.1. The second-order valence-electron chi connectivity index (χ2n) is 6.02. The summed E-state index contributed by atoms with van der Waals surface area (Å²) in [5, 5.41) is 6.39. The molecule has 2 unspecified atom stereocenters. The minimum Gasteiger partial charge on any atom is -0.325 e. The van der Waals surface area contributed by atoms with E-state index in [0.717, 1.165) is 12.2 Å². The molecule has 4 nitrogen and oxygen atoms in total. The highest BCUT2D eigenvalue weighted by Gasteiger charge is 2.32. The van der Waals surface area contributed by atoms with Crippen molar-refractivity contribution in [3.63, 3.8) is 0 Å². The lowest BCUT2D eigenvalue weighted by atomic mass is 10.1. The number of hydrogen-bond acceptors (Lipinski definition) is 2. The largest absolute Gasteiger partial charge is 0.325 e. The summed E-state index contributed by atoms with van der Waals surface area (Å²) in [6.07, 6.45) is 2.49. The molecule has 2 amide bonds. The Bertz CT molecular complexity index is 485. The van der Waals surface area contributed by atoms with Gasteiger partial charge in [0.25, 0.3) is 0 Å². The average molecular weight is 289 g/mol. The molecule has 1 aliphatic rings. The SMILES string of the molecule is CCNC(C)c1cccc(NC(=O)N(C)C(C)C2CC2)c1. The lowest BCUT2D eigenvalue weighted by Gasteiger charge is -2.25. The van der Waals surface area contributed by atoms with Crippen LogP contribution in [0.15, 0.2) is 24.3 Å². The third kappa shape index (κ3) is 4.21. The Morgan fingerprint density at radius 3 is 2.71 bits per heavy atom. The van der Waals surface area contributed by atoms with Crippen molar-refractivity contribution in [2.45, 2.75) is 45.7 Å². The number of nitrogens with one attached hydrogen (secondary N) is 2. The van der Waals surface area contributed by atoms with E-state index < -0.39 is 0 Å². The van der Waals surface area contributed by atoms with Crippen molar-refractivity contribution in [1.29, 1.82) is 0 Å². The smallest absolute Gasteiger partial charge is 0.321 e. The number of nitrogens with zero attached hydrogens (tertiary/aromatic N) is 1. The molecule has 1 aliphatic carbocycles.